The molecule has 0 aromatic carbocycles. The summed E-state index contributed by atoms with van der Waals surface area (Å²) in [5.74, 6) is 6.52. The highest BCUT2D eigenvalue weighted by Gasteiger charge is 2.21. The number of ketones is 1. The van der Waals surface area contributed by atoms with Crippen molar-refractivity contribution in [3.8, 4) is 11.8 Å². The van der Waals surface area contributed by atoms with Crippen molar-refractivity contribution in [2.75, 3.05) is 0 Å². The Hall–Kier alpha value is -0.770. The lowest BCUT2D eigenvalue weighted by Gasteiger charge is -2.26. The van der Waals surface area contributed by atoms with Crippen molar-refractivity contribution in [1.29, 1.82) is 0 Å². The first-order chi connectivity index (χ1) is 6.38. The Morgan fingerprint density at radius 1 is 1.36 bits per heavy atom. The number of carbonyl (C=O) groups excluding carboxylic acids is 1. The highest BCUT2D eigenvalue weighted by atomic mass is 16.1. The molecule has 14 heavy (non-hydrogen) atoms. The van der Waals surface area contributed by atoms with Crippen LogP contribution in [0.1, 0.15) is 53.9 Å². The minimum Gasteiger partial charge on any atom is -0.300 e. The molecule has 0 amide bonds. The van der Waals surface area contributed by atoms with Crippen LogP contribution in [0.25, 0.3) is 0 Å². The van der Waals surface area contributed by atoms with Crippen LogP contribution in [0.3, 0.4) is 0 Å². The van der Waals surface area contributed by atoms with E-state index in [0.717, 1.165) is 0 Å². The summed E-state index contributed by atoms with van der Waals surface area (Å²) in [6, 6.07) is 0. The Morgan fingerprint density at radius 3 is 2.36 bits per heavy atom. The molecule has 0 aliphatic heterocycles. The average molecular weight is 194 g/mol. The van der Waals surface area contributed by atoms with Gasteiger partial charge in [-0.2, -0.15) is 0 Å². The summed E-state index contributed by atoms with van der Waals surface area (Å²) in [6.07, 6.45) is 2.02. The van der Waals surface area contributed by atoms with E-state index in [1.807, 2.05) is 6.92 Å². The van der Waals surface area contributed by atoms with Crippen LogP contribution in [0, 0.1) is 23.2 Å². The third-order valence-electron chi connectivity index (χ3n) is 2.72. The molecule has 0 aliphatic carbocycles. The lowest BCUT2D eigenvalue weighted by molar-refractivity contribution is -0.120. The van der Waals surface area contributed by atoms with Gasteiger partial charge < -0.3 is 0 Å². The first kappa shape index (κ1) is 13.2. The molecule has 0 saturated heterocycles. The molecule has 0 aromatic heterocycles. The van der Waals surface area contributed by atoms with Crippen LogP contribution in [-0.2, 0) is 4.79 Å². The first-order valence-electron chi connectivity index (χ1n) is 5.29. The molecule has 0 aliphatic rings. The molecule has 0 fully saturated rings. The first-order valence-corrected chi connectivity index (χ1v) is 5.29. The Kier molecular flexibility index (Phi) is 5.53. The molecule has 1 heteroatoms. The topological polar surface area (TPSA) is 17.1 Å². The van der Waals surface area contributed by atoms with Gasteiger partial charge in [0, 0.05) is 19.3 Å². The van der Waals surface area contributed by atoms with Gasteiger partial charge in [0.1, 0.15) is 5.78 Å². The van der Waals surface area contributed by atoms with Gasteiger partial charge in [0.25, 0.3) is 0 Å². The molecular weight excluding hydrogens is 172 g/mol. The monoisotopic (exact) mass is 194 g/mol. The van der Waals surface area contributed by atoms with Crippen molar-refractivity contribution < 1.29 is 4.79 Å². The van der Waals surface area contributed by atoms with Crippen LogP contribution in [-0.4, -0.2) is 5.78 Å². The number of carbonyl (C=O) groups is 1. The van der Waals surface area contributed by atoms with Gasteiger partial charge in [0.05, 0.1) is 0 Å². The second-order valence-electron chi connectivity index (χ2n) is 4.94. The molecule has 1 unspecified atom stereocenters. The van der Waals surface area contributed by atoms with Crippen LogP contribution in [0.2, 0.25) is 0 Å². The summed E-state index contributed by atoms with van der Waals surface area (Å²) in [6.45, 7) is 10.5. The van der Waals surface area contributed by atoms with Crippen LogP contribution in [0.5, 0.6) is 0 Å². The summed E-state index contributed by atoms with van der Waals surface area (Å²) in [4.78, 5) is 11.5. The molecule has 80 valence electrons. The molecule has 1 atom stereocenters. The Balaban J connectivity index is 3.87. The van der Waals surface area contributed by atoms with Gasteiger partial charge in [-0.05, 0) is 18.3 Å². The highest BCUT2D eigenvalue weighted by Crippen LogP contribution is 2.28. The maximum atomic E-state index is 11.5. The van der Waals surface area contributed by atoms with Crippen LogP contribution in [0.4, 0.5) is 0 Å². The second kappa shape index (κ2) is 5.86. The zero-order chi connectivity index (χ0) is 11.2. The van der Waals surface area contributed by atoms with E-state index < -0.39 is 0 Å². The lowest BCUT2D eigenvalue weighted by Crippen LogP contribution is -2.20. The predicted molar refractivity (Wildman–Crippen MR) is 60.9 cm³/mol. The van der Waals surface area contributed by atoms with Gasteiger partial charge in [-0.3, -0.25) is 4.79 Å². The van der Waals surface area contributed by atoms with Crippen molar-refractivity contribution in [2.45, 2.75) is 53.9 Å². The van der Waals surface area contributed by atoms with Crippen molar-refractivity contribution in [2.24, 2.45) is 11.3 Å². The molecule has 0 rings (SSSR count). The molecule has 0 bridgehead atoms. The predicted octanol–water partition coefficient (Wildman–Crippen LogP) is 3.43. The molecule has 0 spiro atoms. The largest absolute Gasteiger partial charge is 0.300 e. The van der Waals surface area contributed by atoms with E-state index in [1.54, 1.807) is 0 Å². The van der Waals surface area contributed by atoms with Crippen molar-refractivity contribution in [3.63, 3.8) is 0 Å². The molecule has 0 aromatic rings. The number of Topliss-reactive ketones (excluding diaryl/α,β-unsaturated/α-hetero) is 1. The summed E-state index contributed by atoms with van der Waals surface area (Å²) >= 11 is 0. The Morgan fingerprint density at radius 2 is 1.93 bits per heavy atom. The van der Waals surface area contributed by atoms with E-state index in [-0.39, 0.29) is 5.41 Å². The van der Waals surface area contributed by atoms with E-state index in [0.29, 0.717) is 31.0 Å². The standard InChI is InChI=1S/C13H22O/c1-6-7-8-9-12(14)10-11(2)13(3,4)5/h11H,8-10H2,1-5H3. The van der Waals surface area contributed by atoms with E-state index in [9.17, 15) is 4.79 Å². The third-order valence-corrected chi connectivity index (χ3v) is 2.72. The van der Waals surface area contributed by atoms with E-state index >= 15 is 0 Å². The smallest absolute Gasteiger partial charge is 0.134 e. The van der Waals surface area contributed by atoms with Crippen LogP contribution >= 0.6 is 0 Å². The second-order valence-corrected chi connectivity index (χ2v) is 4.94. The lowest BCUT2D eigenvalue weighted by atomic mass is 9.79. The fourth-order valence-corrected chi connectivity index (χ4v) is 1.08. The number of hydrogen-bond acceptors (Lipinski definition) is 1. The fourth-order valence-electron chi connectivity index (χ4n) is 1.08. The summed E-state index contributed by atoms with van der Waals surface area (Å²) < 4.78 is 0. The minimum absolute atomic E-state index is 0.228. The minimum atomic E-state index is 0.228. The SMILES string of the molecule is CC#CCCC(=O)CC(C)C(C)(C)C. The Labute approximate surface area is 88.3 Å². The molecule has 0 saturated carbocycles. The maximum Gasteiger partial charge on any atom is 0.134 e. The average Bonchev–Trinajstić information content (AvgIpc) is 2.03. The van der Waals surface area contributed by atoms with E-state index in [2.05, 4.69) is 39.5 Å². The summed E-state index contributed by atoms with van der Waals surface area (Å²) in [5.41, 5.74) is 0.228. The summed E-state index contributed by atoms with van der Waals surface area (Å²) in [7, 11) is 0. The zero-order valence-electron chi connectivity index (χ0n) is 10.1. The van der Waals surface area contributed by atoms with E-state index in [4.69, 9.17) is 0 Å². The van der Waals surface area contributed by atoms with Gasteiger partial charge in [-0.15, -0.1) is 11.8 Å². The maximum absolute atomic E-state index is 11.5. The molecule has 1 nitrogen and oxygen atoms in total. The van der Waals surface area contributed by atoms with Crippen LogP contribution < -0.4 is 0 Å². The molecule has 0 N–H and O–H groups in total. The fraction of sp³-hybridized carbons (Fsp3) is 0.769. The Bertz CT molecular complexity index is 234. The van der Waals surface area contributed by atoms with Crippen molar-refractivity contribution in [1.82, 2.24) is 0 Å². The molecule has 0 radical (unpaired) electrons. The van der Waals surface area contributed by atoms with Gasteiger partial charge >= 0.3 is 0 Å². The van der Waals surface area contributed by atoms with Crippen molar-refractivity contribution >= 4 is 5.78 Å². The van der Waals surface area contributed by atoms with Gasteiger partial charge in [-0.25, -0.2) is 0 Å². The highest BCUT2D eigenvalue weighted by molar-refractivity contribution is 5.78. The van der Waals surface area contributed by atoms with Crippen molar-refractivity contribution in [3.05, 3.63) is 0 Å². The normalized spacial score (nSPS) is 12.9. The van der Waals surface area contributed by atoms with Gasteiger partial charge in [-0.1, -0.05) is 27.7 Å². The van der Waals surface area contributed by atoms with Gasteiger partial charge in [0.2, 0.25) is 0 Å². The zero-order valence-corrected chi connectivity index (χ0v) is 10.1. The molecule has 0 heterocycles. The van der Waals surface area contributed by atoms with E-state index in [1.165, 1.54) is 0 Å². The number of rotatable bonds is 4. The number of hydrogen-bond donors (Lipinski definition) is 0. The quantitative estimate of drug-likeness (QED) is 0.627. The summed E-state index contributed by atoms with van der Waals surface area (Å²) in [5, 5.41) is 0. The van der Waals surface area contributed by atoms with Crippen LogP contribution in [0.15, 0.2) is 0 Å². The molecular formula is C13H22O. The van der Waals surface area contributed by atoms with Gasteiger partial charge in [0.15, 0.2) is 0 Å². The third kappa shape index (κ3) is 5.80.